The van der Waals surface area contributed by atoms with Crippen molar-refractivity contribution in [2.45, 2.75) is 56.5 Å². The average Bonchev–Trinajstić information content (AvgIpc) is 3.55. The SMILES string of the molecule is CCC[Si]1(C)C2=Cc3c(-c4ccc(C)cc4)cccc3[CH]2[Hf]([CH3])([CH3])[CH]2C1=Cc1c(-c3ccc(C)cc3)cccc12. The number of fused-ring (bicyclic) bond motifs is 6. The Morgan fingerprint density at radius 3 is 1.45 bits per heavy atom. The van der Waals surface area contributed by atoms with Gasteiger partial charge in [0.15, 0.2) is 0 Å². The van der Waals surface area contributed by atoms with Crippen molar-refractivity contribution in [3.63, 3.8) is 0 Å². The van der Waals surface area contributed by atoms with Crippen LogP contribution in [0.1, 0.15) is 54.1 Å². The number of allylic oxidation sites excluding steroid dienone is 2. The van der Waals surface area contributed by atoms with Crippen LogP contribution in [0.5, 0.6) is 0 Å². The van der Waals surface area contributed by atoms with E-state index in [2.05, 4.69) is 134 Å². The first-order valence-corrected chi connectivity index (χ1v) is 29.1. The summed E-state index contributed by atoms with van der Waals surface area (Å²) in [6.45, 7) is 9.51. The first-order chi connectivity index (χ1) is 19.2. The van der Waals surface area contributed by atoms with Gasteiger partial charge in [-0.2, -0.15) is 0 Å². The van der Waals surface area contributed by atoms with E-state index >= 15 is 0 Å². The van der Waals surface area contributed by atoms with Gasteiger partial charge in [-0.25, -0.2) is 0 Å². The zero-order valence-electron chi connectivity index (χ0n) is 24.8. The van der Waals surface area contributed by atoms with Gasteiger partial charge in [0, 0.05) is 0 Å². The molecule has 200 valence electrons. The van der Waals surface area contributed by atoms with Gasteiger partial charge in [-0.05, 0) is 0 Å². The molecule has 0 spiro atoms. The van der Waals surface area contributed by atoms with Crippen LogP contribution in [0.25, 0.3) is 34.4 Å². The molecule has 4 aromatic carbocycles. The van der Waals surface area contributed by atoms with Crippen molar-refractivity contribution in [1.82, 2.24) is 0 Å². The third-order valence-electron chi connectivity index (χ3n) is 10.4. The third-order valence-corrected chi connectivity index (χ3v) is 32.5. The Morgan fingerprint density at radius 1 is 0.625 bits per heavy atom. The summed E-state index contributed by atoms with van der Waals surface area (Å²) < 4.78 is 6.94. The monoisotopic (exact) mass is 704 g/mol. The normalized spacial score (nSPS) is 23.6. The molecule has 2 unspecified atom stereocenters. The summed E-state index contributed by atoms with van der Waals surface area (Å²) in [5, 5.41) is 3.73. The first-order valence-electron chi connectivity index (χ1n) is 15.1. The minimum absolute atomic E-state index is 0.687. The molecular weight excluding hydrogens is 663 g/mol. The van der Waals surface area contributed by atoms with E-state index in [1.165, 1.54) is 57.0 Å². The summed E-state index contributed by atoms with van der Waals surface area (Å²) in [4.78, 5) is 0. The summed E-state index contributed by atoms with van der Waals surface area (Å²) >= 11 is -3.00. The van der Waals surface area contributed by atoms with Crippen molar-refractivity contribution in [1.29, 1.82) is 0 Å². The van der Waals surface area contributed by atoms with Crippen LogP contribution in [0.15, 0.2) is 95.3 Å². The Bertz CT molecular complexity index is 1580. The number of rotatable bonds is 4. The molecule has 0 nitrogen and oxygen atoms in total. The van der Waals surface area contributed by atoms with Crippen LogP contribution in [0.3, 0.4) is 0 Å². The summed E-state index contributed by atoms with van der Waals surface area (Å²) in [7, 11) is -1.87. The zero-order valence-corrected chi connectivity index (χ0v) is 29.4. The van der Waals surface area contributed by atoms with Crippen LogP contribution < -0.4 is 0 Å². The van der Waals surface area contributed by atoms with Gasteiger partial charge < -0.3 is 0 Å². The molecule has 40 heavy (non-hydrogen) atoms. The van der Waals surface area contributed by atoms with E-state index in [1.807, 2.05) is 10.4 Å². The van der Waals surface area contributed by atoms with E-state index < -0.39 is 28.0 Å². The average molecular weight is 703 g/mol. The molecule has 2 aliphatic carbocycles. The van der Waals surface area contributed by atoms with Gasteiger partial charge in [-0.3, -0.25) is 0 Å². The van der Waals surface area contributed by atoms with Crippen LogP contribution in [-0.2, 0) is 20.0 Å². The van der Waals surface area contributed by atoms with Gasteiger partial charge in [0.2, 0.25) is 0 Å². The molecule has 1 saturated heterocycles. The molecule has 1 aliphatic heterocycles. The van der Waals surface area contributed by atoms with E-state index in [4.69, 9.17) is 0 Å². The summed E-state index contributed by atoms with van der Waals surface area (Å²) in [5.74, 6) is 0. The Kier molecular flexibility index (Phi) is 6.26. The maximum absolute atomic E-state index is 3.00. The third kappa shape index (κ3) is 3.78. The van der Waals surface area contributed by atoms with Crippen molar-refractivity contribution in [2.24, 2.45) is 0 Å². The maximum atomic E-state index is 2.78. The molecule has 0 bridgehead atoms. The second-order valence-electron chi connectivity index (χ2n) is 13.3. The van der Waals surface area contributed by atoms with Gasteiger partial charge >= 0.3 is 248 Å². The van der Waals surface area contributed by atoms with E-state index in [-0.39, 0.29) is 0 Å². The van der Waals surface area contributed by atoms with Crippen LogP contribution >= 0.6 is 0 Å². The fourth-order valence-electron chi connectivity index (χ4n) is 8.46. The quantitative estimate of drug-likeness (QED) is 0.186. The molecule has 1 heterocycles. The molecule has 3 aliphatic rings. The van der Waals surface area contributed by atoms with E-state index in [0.717, 1.165) is 0 Å². The van der Waals surface area contributed by atoms with Crippen molar-refractivity contribution < 1.29 is 20.0 Å². The molecule has 2 atom stereocenters. The van der Waals surface area contributed by atoms with E-state index in [9.17, 15) is 0 Å². The van der Waals surface area contributed by atoms with Crippen LogP contribution in [0.4, 0.5) is 0 Å². The Morgan fingerprint density at radius 2 is 1.05 bits per heavy atom. The molecular formula is C38H40HfSi. The van der Waals surface area contributed by atoms with Gasteiger partial charge in [-0.15, -0.1) is 0 Å². The Labute approximate surface area is 246 Å². The number of hydrogen-bond donors (Lipinski definition) is 0. The number of hydrogen-bond acceptors (Lipinski definition) is 0. The fourth-order valence-corrected chi connectivity index (χ4v) is 41.0. The molecule has 1 fully saturated rings. The van der Waals surface area contributed by atoms with Crippen molar-refractivity contribution in [2.75, 3.05) is 0 Å². The molecule has 0 radical (unpaired) electrons. The topological polar surface area (TPSA) is 0 Å². The van der Waals surface area contributed by atoms with Gasteiger partial charge in [-0.1, -0.05) is 0 Å². The molecule has 4 aromatic rings. The Balaban J connectivity index is 1.45. The number of benzene rings is 4. The standard InChI is InChI=1S/C36H34Si.2CH3.Hf/c1-5-20-37(4,31-21-29-8-6-10-33(35(29)23-31)27-16-12-25(2)13-17-27)32-22-30-9-7-11-34(36(30)24-32)28-18-14-26(3)15-19-28;;;/h6-19,21-24H,5,20H2,1-4H3;2*1H3;. The molecule has 7 rings (SSSR count). The summed E-state index contributed by atoms with van der Waals surface area (Å²) in [5.41, 5.74) is 14.6. The summed E-state index contributed by atoms with van der Waals surface area (Å²) in [6, 6.07) is 34.1. The van der Waals surface area contributed by atoms with Gasteiger partial charge in [0.1, 0.15) is 0 Å². The Hall–Kier alpha value is -2.55. The summed E-state index contributed by atoms with van der Waals surface area (Å²) in [6.07, 6.45) is 6.70. The van der Waals surface area contributed by atoms with Gasteiger partial charge in [0.05, 0.1) is 0 Å². The zero-order chi connectivity index (χ0) is 27.8. The van der Waals surface area contributed by atoms with Crippen LogP contribution in [-0.4, -0.2) is 8.07 Å². The van der Waals surface area contributed by atoms with Crippen molar-refractivity contribution in [3.8, 4) is 22.3 Å². The van der Waals surface area contributed by atoms with Crippen LogP contribution in [0.2, 0.25) is 22.0 Å². The molecule has 0 N–H and O–H groups in total. The molecule has 0 saturated carbocycles. The first kappa shape index (κ1) is 26.4. The second-order valence-corrected chi connectivity index (χ2v) is 34.9. The van der Waals surface area contributed by atoms with Crippen LogP contribution in [0, 0.1) is 13.8 Å². The van der Waals surface area contributed by atoms with Crippen molar-refractivity contribution >= 4 is 20.2 Å². The molecule has 2 heteroatoms. The fraction of sp³-hybridized carbons (Fsp3) is 0.263. The predicted octanol–water partition coefficient (Wildman–Crippen LogP) is 11.0. The molecule has 0 amide bonds. The minimum atomic E-state index is -3.00. The number of aryl methyl sites for hydroxylation is 2. The molecule has 0 aromatic heterocycles. The van der Waals surface area contributed by atoms with Gasteiger partial charge in [0.25, 0.3) is 0 Å². The van der Waals surface area contributed by atoms with E-state index in [0.29, 0.717) is 7.35 Å². The predicted molar refractivity (Wildman–Crippen MR) is 173 cm³/mol. The van der Waals surface area contributed by atoms with E-state index in [1.54, 1.807) is 11.1 Å². The second kappa shape index (κ2) is 9.50. The van der Waals surface area contributed by atoms with Crippen molar-refractivity contribution in [3.05, 3.63) is 129 Å².